The Morgan fingerprint density at radius 3 is 2.50 bits per heavy atom. The summed E-state index contributed by atoms with van der Waals surface area (Å²) in [7, 11) is 0. The Balaban J connectivity index is 1.64. The predicted molar refractivity (Wildman–Crippen MR) is 96.4 cm³/mol. The summed E-state index contributed by atoms with van der Waals surface area (Å²) in [5.74, 6) is 3.25. The van der Waals surface area contributed by atoms with E-state index in [2.05, 4.69) is 32.9 Å². The summed E-state index contributed by atoms with van der Waals surface area (Å²) in [4.78, 5) is 11.7. The van der Waals surface area contributed by atoms with Gasteiger partial charge in [-0.1, -0.05) is 26.0 Å². The smallest absolute Gasteiger partial charge is 0.303 e. The number of esters is 1. The van der Waals surface area contributed by atoms with Crippen molar-refractivity contribution in [2.75, 3.05) is 0 Å². The highest BCUT2D eigenvalue weighted by molar-refractivity contribution is 5.66. The van der Waals surface area contributed by atoms with E-state index in [0.717, 1.165) is 30.1 Å². The first-order chi connectivity index (χ1) is 11.3. The zero-order chi connectivity index (χ0) is 17.2. The van der Waals surface area contributed by atoms with Crippen molar-refractivity contribution in [2.24, 2.45) is 34.5 Å². The third-order valence-electron chi connectivity index (χ3n) is 9.11. The second-order valence-corrected chi connectivity index (χ2v) is 9.89. The molecule has 0 aromatic heterocycles. The van der Waals surface area contributed by atoms with Gasteiger partial charge in [-0.2, -0.15) is 0 Å². The average molecular weight is 331 g/mol. The highest BCUT2D eigenvalue weighted by Gasteiger charge is 2.64. The Labute approximate surface area is 147 Å². The van der Waals surface area contributed by atoms with Crippen LogP contribution in [0.2, 0.25) is 0 Å². The fourth-order valence-electron chi connectivity index (χ4n) is 7.55. The minimum atomic E-state index is -0.251. The van der Waals surface area contributed by atoms with Crippen molar-refractivity contribution >= 4 is 5.97 Å². The normalized spacial score (nSPS) is 53.0. The van der Waals surface area contributed by atoms with Gasteiger partial charge in [-0.25, -0.2) is 0 Å². The number of ether oxygens (including phenoxy) is 1. The molecule has 7 atom stereocenters. The van der Waals surface area contributed by atoms with Crippen LogP contribution in [0.1, 0.15) is 79.1 Å². The minimum absolute atomic E-state index is 0.102. The van der Waals surface area contributed by atoms with E-state index in [1.807, 2.05) is 0 Å². The molecular weight excluding hydrogens is 296 g/mol. The summed E-state index contributed by atoms with van der Waals surface area (Å²) in [5.41, 5.74) is 0.436. The van der Waals surface area contributed by atoms with Gasteiger partial charge >= 0.3 is 5.97 Å². The van der Waals surface area contributed by atoms with E-state index in [1.54, 1.807) is 6.92 Å². The maximum atomic E-state index is 11.7. The van der Waals surface area contributed by atoms with Gasteiger partial charge < -0.3 is 4.74 Å². The highest BCUT2D eigenvalue weighted by atomic mass is 16.6. The molecule has 0 spiro atoms. The van der Waals surface area contributed by atoms with Crippen LogP contribution in [0.5, 0.6) is 0 Å². The van der Waals surface area contributed by atoms with Crippen LogP contribution in [0.15, 0.2) is 12.2 Å². The molecule has 3 saturated carbocycles. The van der Waals surface area contributed by atoms with E-state index in [4.69, 9.17) is 4.74 Å². The third kappa shape index (κ3) is 2.10. The number of fused-ring (bicyclic) bond motifs is 5. The van der Waals surface area contributed by atoms with Crippen molar-refractivity contribution < 1.29 is 9.53 Å². The minimum Gasteiger partial charge on any atom is -0.459 e. The van der Waals surface area contributed by atoms with Gasteiger partial charge in [0.15, 0.2) is 0 Å². The lowest BCUT2D eigenvalue weighted by molar-refractivity contribution is -0.181. The Kier molecular flexibility index (Phi) is 3.72. The van der Waals surface area contributed by atoms with Crippen molar-refractivity contribution in [3.05, 3.63) is 12.2 Å². The van der Waals surface area contributed by atoms with E-state index in [0.29, 0.717) is 5.41 Å². The Bertz CT molecular complexity index is 566. The van der Waals surface area contributed by atoms with Crippen molar-refractivity contribution in [2.45, 2.75) is 84.7 Å². The molecule has 0 aromatic rings. The zero-order valence-corrected chi connectivity index (χ0v) is 15.9. The van der Waals surface area contributed by atoms with Gasteiger partial charge in [0.1, 0.15) is 5.60 Å². The number of allylic oxidation sites excluding steroid dienone is 2. The molecule has 0 N–H and O–H groups in total. The van der Waals surface area contributed by atoms with Gasteiger partial charge in [0.25, 0.3) is 0 Å². The van der Waals surface area contributed by atoms with E-state index in [1.165, 1.54) is 44.9 Å². The fourth-order valence-corrected chi connectivity index (χ4v) is 7.55. The summed E-state index contributed by atoms with van der Waals surface area (Å²) in [6.07, 6.45) is 15.1. The SMILES string of the molecule is CC(=O)OC1(C)CC[C@H]2[C@@H]3CCC4CC=CC[C@]4(C)[C@H]3CC[C@@]21C. The number of hydrogen-bond acceptors (Lipinski definition) is 2. The van der Waals surface area contributed by atoms with Crippen molar-refractivity contribution in [1.82, 2.24) is 0 Å². The van der Waals surface area contributed by atoms with Crippen molar-refractivity contribution in [3.8, 4) is 0 Å². The quantitative estimate of drug-likeness (QED) is 0.467. The Morgan fingerprint density at radius 1 is 1.00 bits per heavy atom. The first kappa shape index (κ1) is 16.7. The summed E-state index contributed by atoms with van der Waals surface area (Å²) in [6.45, 7) is 8.81. The van der Waals surface area contributed by atoms with Crippen LogP contribution >= 0.6 is 0 Å². The largest absolute Gasteiger partial charge is 0.459 e. The number of carbonyl (C=O) groups excluding carboxylic acids is 1. The maximum Gasteiger partial charge on any atom is 0.303 e. The molecule has 2 heteroatoms. The zero-order valence-electron chi connectivity index (χ0n) is 15.9. The summed E-state index contributed by atoms with van der Waals surface area (Å²) < 4.78 is 5.93. The van der Waals surface area contributed by atoms with E-state index >= 15 is 0 Å². The van der Waals surface area contributed by atoms with Crippen LogP contribution in [0.4, 0.5) is 0 Å². The number of hydrogen-bond donors (Lipinski definition) is 0. The van der Waals surface area contributed by atoms with Crippen LogP contribution in [-0.4, -0.2) is 11.6 Å². The molecule has 0 amide bonds. The molecule has 2 nitrogen and oxygen atoms in total. The van der Waals surface area contributed by atoms with Gasteiger partial charge in [0, 0.05) is 12.3 Å². The molecule has 0 saturated heterocycles. The molecule has 4 aliphatic rings. The van der Waals surface area contributed by atoms with Gasteiger partial charge in [-0.15, -0.1) is 0 Å². The summed E-state index contributed by atoms with van der Waals surface area (Å²) in [6, 6.07) is 0. The van der Waals surface area contributed by atoms with Crippen molar-refractivity contribution in [1.29, 1.82) is 0 Å². The molecule has 0 heterocycles. The predicted octanol–water partition coefficient (Wildman–Crippen LogP) is 5.52. The molecule has 24 heavy (non-hydrogen) atoms. The summed E-state index contributed by atoms with van der Waals surface area (Å²) >= 11 is 0. The Hall–Kier alpha value is -0.790. The van der Waals surface area contributed by atoms with Gasteiger partial charge in [0.2, 0.25) is 0 Å². The average Bonchev–Trinajstić information content (AvgIpc) is 2.77. The van der Waals surface area contributed by atoms with E-state index in [-0.39, 0.29) is 17.0 Å². The van der Waals surface area contributed by atoms with Crippen LogP contribution in [0.3, 0.4) is 0 Å². The number of carbonyl (C=O) groups is 1. The molecular formula is C22H34O2. The monoisotopic (exact) mass is 330 g/mol. The Morgan fingerprint density at radius 2 is 1.75 bits per heavy atom. The second-order valence-electron chi connectivity index (χ2n) is 9.89. The molecule has 2 unspecified atom stereocenters. The lowest BCUT2D eigenvalue weighted by Crippen LogP contribution is -2.56. The number of rotatable bonds is 1. The van der Waals surface area contributed by atoms with Gasteiger partial charge in [-0.05, 0) is 87.4 Å². The molecule has 4 aliphatic carbocycles. The molecule has 0 aliphatic heterocycles. The third-order valence-corrected chi connectivity index (χ3v) is 9.11. The van der Waals surface area contributed by atoms with Crippen LogP contribution in [-0.2, 0) is 9.53 Å². The molecule has 3 fully saturated rings. The van der Waals surface area contributed by atoms with Crippen molar-refractivity contribution in [3.63, 3.8) is 0 Å². The molecule has 0 aromatic carbocycles. The first-order valence-electron chi connectivity index (χ1n) is 10.1. The van der Waals surface area contributed by atoms with Gasteiger partial charge in [0.05, 0.1) is 0 Å². The van der Waals surface area contributed by atoms with E-state index in [9.17, 15) is 4.79 Å². The van der Waals surface area contributed by atoms with Crippen LogP contribution in [0.25, 0.3) is 0 Å². The lowest BCUT2D eigenvalue weighted by Gasteiger charge is -2.60. The summed E-state index contributed by atoms with van der Waals surface area (Å²) in [5, 5.41) is 0. The molecule has 0 bridgehead atoms. The highest BCUT2D eigenvalue weighted by Crippen LogP contribution is 2.68. The molecule has 0 radical (unpaired) electrons. The van der Waals surface area contributed by atoms with Crippen LogP contribution < -0.4 is 0 Å². The molecule has 4 rings (SSSR count). The first-order valence-corrected chi connectivity index (χ1v) is 10.1. The van der Waals surface area contributed by atoms with Gasteiger partial charge in [-0.3, -0.25) is 4.79 Å². The molecule has 134 valence electrons. The topological polar surface area (TPSA) is 26.3 Å². The fraction of sp³-hybridized carbons (Fsp3) is 0.864. The van der Waals surface area contributed by atoms with E-state index < -0.39 is 0 Å². The lowest BCUT2D eigenvalue weighted by atomic mass is 9.45. The second kappa shape index (κ2) is 5.35. The van der Waals surface area contributed by atoms with Crippen LogP contribution in [0, 0.1) is 34.5 Å². The standard InChI is InChI=1S/C22H34O2/c1-15(23)24-22(4)14-11-19-17-9-8-16-7-5-6-12-20(16,2)18(17)10-13-21(19,22)3/h5-6,16-19H,7-14H2,1-4H3/t16?,17-,18+,19+,20+,21+,22?/m1/s1. The maximum absolute atomic E-state index is 11.7.